The van der Waals surface area contributed by atoms with Crippen LogP contribution in [0.2, 0.25) is 5.02 Å². The summed E-state index contributed by atoms with van der Waals surface area (Å²) in [5.41, 5.74) is 4.18. The molecular weight excluding hydrogens is 482 g/mol. The molecule has 7 nitrogen and oxygen atoms in total. The number of ether oxygens (including phenoxy) is 1. The molecular formula is C26H28ClN5O2S. The third-order valence-corrected chi connectivity index (χ3v) is 7.90. The van der Waals surface area contributed by atoms with Gasteiger partial charge in [-0.15, -0.1) is 0 Å². The van der Waals surface area contributed by atoms with Gasteiger partial charge in [0.15, 0.2) is 5.13 Å². The number of aryl methyl sites for hydroxylation is 1. The summed E-state index contributed by atoms with van der Waals surface area (Å²) in [6.07, 6.45) is 2.49. The predicted octanol–water partition coefficient (Wildman–Crippen LogP) is 5.12. The van der Waals surface area contributed by atoms with E-state index in [2.05, 4.69) is 10.00 Å². The first-order chi connectivity index (χ1) is 17.0. The van der Waals surface area contributed by atoms with E-state index in [1.807, 2.05) is 56.3 Å². The van der Waals surface area contributed by atoms with Crippen molar-refractivity contribution in [1.29, 1.82) is 0 Å². The Morgan fingerprint density at radius 2 is 1.91 bits per heavy atom. The molecule has 1 aliphatic heterocycles. The monoisotopic (exact) mass is 509 g/mol. The Hall–Kier alpha value is -2.78. The summed E-state index contributed by atoms with van der Waals surface area (Å²) in [6, 6.07) is 13.7. The van der Waals surface area contributed by atoms with E-state index in [1.165, 1.54) is 11.3 Å². The Morgan fingerprint density at radius 3 is 2.66 bits per heavy atom. The second-order valence-corrected chi connectivity index (χ2v) is 10.1. The van der Waals surface area contributed by atoms with E-state index < -0.39 is 0 Å². The maximum Gasteiger partial charge on any atom is 0.263 e. The van der Waals surface area contributed by atoms with Crippen LogP contribution in [0.25, 0.3) is 15.9 Å². The summed E-state index contributed by atoms with van der Waals surface area (Å²) in [6.45, 7) is 8.77. The standard InChI is InChI=1S/C26H28ClN5O2S/c1-18-9-10-22(27)24-23(18)29-26(35-24)31(12-6-11-30-13-15-34-16-14-30)25(33)21-17-28-32(19(21)2)20-7-4-3-5-8-20/h3-5,7-10,17H,6,11-16H2,1-2H3. The molecule has 0 aliphatic carbocycles. The lowest BCUT2D eigenvalue weighted by atomic mass is 10.2. The predicted molar refractivity (Wildman–Crippen MR) is 141 cm³/mol. The number of amides is 1. The fraction of sp³-hybridized carbons (Fsp3) is 0.346. The SMILES string of the molecule is Cc1ccc(Cl)c2sc(N(CCCN3CCOCC3)C(=O)c3cnn(-c4ccccc4)c3C)nc12. The molecule has 3 heterocycles. The molecule has 35 heavy (non-hydrogen) atoms. The van der Waals surface area contributed by atoms with Gasteiger partial charge in [-0.3, -0.25) is 14.6 Å². The first-order valence-corrected chi connectivity index (χ1v) is 13.0. The maximum absolute atomic E-state index is 13.9. The number of carbonyl (C=O) groups is 1. The molecule has 0 N–H and O–H groups in total. The van der Waals surface area contributed by atoms with E-state index in [0.717, 1.165) is 66.4 Å². The highest BCUT2D eigenvalue weighted by molar-refractivity contribution is 7.23. The molecule has 0 spiro atoms. The molecule has 4 aromatic rings. The van der Waals surface area contributed by atoms with Gasteiger partial charge in [-0.25, -0.2) is 9.67 Å². The molecule has 1 amide bonds. The zero-order valence-corrected chi connectivity index (χ0v) is 21.5. The highest BCUT2D eigenvalue weighted by Crippen LogP contribution is 2.36. The lowest BCUT2D eigenvalue weighted by Crippen LogP contribution is -2.39. The maximum atomic E-state index is 13.9. The summed E-state index contributed by atoms with van der Waals surface area (Å²) in [5.74, 6) is -0.0977. The van der Waals surface area contributed by atoms with Crippen molar-refractivity contribution in [1.82, 2.24) is 19.7 Å². The van der Waals surface area contributed by atoms with Gasteiger partial charge in [0.1, 0.15) is 0 Å². The molecule has 0 atom stereocenters. The number of thiazole rings is 1. The van der Waals surface area contributed by atoms with Crippen LogP contribution < -0.4 is 4.90 Å². The summed E-state index contributed by atoms with van der Waals surface area (Å²) in [5, 5.41) is 5.83. The van der Waals surface area contributed by atoms with Crippen LogP contribution >= 0.6 is 22.9 Å². The Bertz CT molecular complexity index is 1290. The fourth-order valence-corrected chi connectivity index (χ4v) is 5.70. The lowest BCUT2D eigenvalue weighted by molar-refractivity contribution is 0.0376. The number of nitrogens with zero attached hydrogens (tertiary/aromatic N) is 5. The molecule has 5 rings (SSSR count). The number of morpholine rings is 1. The highest BCUT2D eigenvalue weighted by Gasteiger charge is 2.26. The molecule has 182 valence electrons. The summed E-state index contributed by atoms with van der Waals surface area (Å²) >= 11 is 7.95. The normalized spacial score (nSPS) is 14.5. The summed E-state index contributed by atoms with van der Waals surface area (Å²) in [7, 11) is 0. The molecule has 0 bridgehead atoms. The van der Waals surface area contributed by atoms with Crippen LogP contribution in [0.5, 0.6) is 0 Å². The number of carbonyl (C=O) groups excluding carboxylic acids is 1. The van der Waals surface area contributed by atoms with Crippen LogP contribution in [0.4, 0.5) is 5.13 Å². The zero-order chi connectivity index (χ0) is 24.4. The van der Waals surface area contributed by atoms with E-state index in [4.69, 9.17) is 21.3 Å². The highest BCUT2D eigenvalue weighted by atomic mass is 35.5. The Balaban J connectivity index is 1.46. The largest absolute Gasteiger partial charge is 0.379 e. The topological polar surface area (TPSA) is 63.5 Å². The first-order valence-electron chi connectivity index (χ1n) is 11.8. The zero-order valence-electron chi connectivity index (χ0n) is 19.9. The van der Waals surface area contributed by atoms with Crippen molar-refractivity contribution in [2.45, 2.75) is 20.3 Å². The van der Waals surface area contributed by atoms with Crippen molar-refractivity contribution < 1.29 is 9.53 Å². The molecule has 9 heteroatoms. The average Bonchev–Trinajstić information content (AvgIpc) is 3.50. The minimum Gasteiger partial charge on any atom is -0.379 e. The molecule has 0 unspecified atom stereocenters. The third kappa shape index (κ3) is 4.97. The van der Waals surface area contributed by atoms with Crippen molar-refractivity contribution in [3.05, 3.63) is 70.5 Å². The molecule has 1 fully saturated rings. The van der Waals surface area contributed by atoms with Gasteiger partial charge in [0.25, 0.3) is 5.91 Å². The lowest BCUT2D eigenvalue weighted by Gasteiger charge is -2.27. The molecule has 2 aromatic carbocycles. The number of aromatic nitrogens is 3. The van der Waals surface area contributed by atoms with E-state index in [0.29, 0.717) is 22.3 Å². The molecule has 0 radical (unpaired) electrons. The van der Waals surface area contributed by atoms with Gasteiger partial charge in [-0.05, 0) is 44.0 Å². The van der Waals surface area contributed by atoms with Crippen molar-refractivity contribution >= 4 is 44.2 Å². The van der Waals surface area contributed by atoms with Gasteiger partial charge in [-0.1, -0.05) is 47.2 Å². The Morgan fingerprint density at radius 1 is 1.14 bits per heavy atom. The van der Waals surface area contributed by atoms with E-state index >= 15 is 0 Å². The van der Waals surface area contributed by atoms with E-state index in [9.17, 15) is 4.79 Å². The number of anilines is 1. The summed E-state index contributed by atoms with van der Waals surface area (Å²) in [4.78, 5) is 22.9. The van der Waals surface area contributed by atoms with Crippen molar-refractivity contribution in [3.63, 3.8) is 0 Å². The number of halogens is 1. The first kappa shape index (κ1) is 23.9. The quantitative estimate of drug-likeness (QED) is 0.346. The van der Waals surface area contributed by atoms with Gasteiger partial charge in [0.2, 0.25) is 0 Å². The van der Waals surface area contributed by atoms with Gasteiger partial charge in [0.05, 0.1) is 51.6 Å². The van der Waals surface area contributed by atoms with Crippen LogP contribution in [0, 0.1) is 13.8 Å². The number of hydrogen-bond acceptors (Lipinski definition) is 6. The Kier molecular flexibility index (Phi) is 7.15. The van der Waals surface area contributed by atoms with Crippen molar-refractivity contribution in [2.75, 3.05) is 44.3 Å². The number of fused-ring (bicyclic) bond motifs is 1. The average molecular weight is 510 g/mol. The van der Waals surface area contributed by atoms with Gasteiger partial charge >= 0.3 is 0 Å². The van der Waals surface area contributed by atoms with Crippen LogP contribution in [-0.2, 0) is 4.74 Å². The Labute approximate surface area is 213 Å². The van der Waals surface area contributed by atoms with Crippen LogP contribution in [0.15, 0.2) is 48.7 Å². The second kappa shape index (κ2) is 10.5. The number of para-hydroxylation sites is 1. The van der Waals surface area contributed by atoms with Crippen LogP contribution in [-0.4, -0.2) is 65.0 Å². The minimum absolute atomic E-state index is 0.0977. The molecule has 1 aliphatic rings. The van der Waals surface area contributed by atoms with Crippen molar-refractivity contribution in [2.24, 2.45) is 0 Å². The van der Waals surface area contributed by atoms with E-state index in [1.54, 1.807) is 15.8 Å². The van der Waals surface area contributed by atoms with Crippen LogP contribution in [0.3, 0.4) is 0 Å². The van der Waals surface area contributed by atoms with Crippen molar-refractivity contribution in [3.8, 4) is 5.69 Å². The van der Waals surface area contributed by atoms with E-state index in [-0.39, 0.29) is 5.91 Å². The smallest absolute Gasteiger partial charge is 0.263 e. The van der Waals surface area contributed by atoms with Gasteiger partial charge in [0, 0.05) is 26.2 Å². The second-order valence-electron chi connectivity index (χ2n) is 8.69. The fourth-order valence-electron chi connectivity index (χ4n) is 4.36. The number of rotatable bonds is 7. The third-order valence-electron chi connectivity index (χ3n) is 6.36. The van der Waals surface area contributed by atoms with Crippen LogP contribution in [0.1, 0.15) is 28.0 Å². The molecule has 1 saturated heterocycles. The summed E-state index contributed by atoms with van der Waals surface area (Å²) < 4.78 is 8.18. The number of benzene rings is 2. The van der Waals surface area contributed by atoms with Gasteiger partial charge < -0.3 is 4.74 Å². The minimum atomic E-state index is -0.0977. The van der Waals surface area contributed by atoms with Gasteiger partial charge in [-0.2, -0.15) is 5.10 Å². The molecule has 2 aromatic heterocycles. The molecule has 0 saturated carbocycles. The number of hydrogen-bond donors (Lipinski definition) is 0.